The Kier molecular flexibility index (Phi) is 3.31. The molecule has 1 amide bonds. The van der Waals surface area contributed by atoms with Gasteiger partial charge in [-0.3, -0.25) is 4.79 Å². The summed E-state index contributed by atoms with van der Waals surface area (Å²) in [4.78, 5) is 13.3. The van der Waals surface area contributed by atoms with Crippen LogP contribution in [0.3, 0.4) is 0 Å². The Labute approximate surface area is 98.7 Å². The van der Waals surface area contributed by atoms with Gasteiger partial charge in [0.15, 0.2) is 0 Å². The Morgan fingerprint density at radius 1 is 1.50 bits per heavy atom. The standard InChI is InChI=1S/C11H12ClNO3/c1-15-8-2-3-9(12)10(6-8)13-4-5-16-7-11(13)14/h2-3,6H,4-5,7H2,1H3. The molecule has 0 spiro atoms. The average Bonchev–Trinajstić information content (AvgIpc) is 2.31. The normalized spacial score (nSPS) is 16.4. The van der Waals surface area contributed by atoms with E-state index in [-0.39, 0.29) is 12.5 Å². The fourth-order valence-electron chi connectivity index (χ4n) is 1.60. The molecule has 0 aliphatic carbocycles. The molecule has 0 unspecified atom stereocenters. The lowest BCUT2D eigenvalue weighted by Crippen LogP contribution is -2.41. The lowest BCUT2D eigenvalue weighted by Gasteiger charge is -2.27. The molecule has 0 radical (unpaired) electrons. The Bertz CT molecular complexity index is 408. The summed E-state index contributed by atoms with van der Waals surface area (Å²) < 4.78 is 10.2. The van der Waals surface area contributed by atoms with Crippen LogP contribution in [0.1, 0.15) is 0 Å². The van der Waals surface area contributed by atoms with Gasteiger partial charge in [-0.2, -0.15) is 0 Å². The number of nitrogens with zero attached hydrogens (tertiary/aromatic N) is 1. The number of methoxy groups -OCH3 is 1. The van der Waals surface area contributed by atoms with E-state index in [0.717, 1.165) is 0 Å². The SMILES string of the molecule is COc1ccc(Cl)c(N2CCOCC2=O)c1. The highest BCUT2D eigenvalue weighted by molar-refractivity contribution is 6.33. The molecular formula is C11H12ClNO3. The third kappa shape index (κ3) is 2.13. The topological polar surface area (TPSA) is 38.8 Å². The number of hydrogen-bond donors (Lipinski definition) is 0. The van der Waals surface area contributed by atoms with Gasteiger partial charge in [0.2, 0.25) is 0 Å². The number of anilines is 1. The van der Waals surface area contributed by atoms with Crippen LogP contribution < -0.4 is 9.64 Å². The third-order valence-corrected chi connectivity index (χ3v) is 2.75. The van der Waals surface area contributed by atoms with E-state index in [2.05, 4.69) is 0 Å². The zero-order valence-electron chi connectivity index (χ0n) is 8.90. The van der Waals surface area contributed by atoms with Gasteiger partial charge in [0.1, 0.15) is 12.4 Å². The van der Waals surface area contributed by atoms with Gasteiger partial charge in [-0.05, 0) is 12.1 Å². The van der Waals surface area contributed by atoms with Crippen LogP contribution in [0, 0.1) is 0 Å². The Morgan fingerprint density at radius 2 is 2.31 bits per heavy atom. The lowest BCUT2D eigenvalue weighted by molar-refractivity contribution is -0.125. The Hall–Kier alpha value is -1.26. The molecule has 0 saturated carbocycles. The molecule has 1 aromatic rings. The zero-order valence-corrected chi connectivity index (χ0v) is 9.66. The Balaban J connectivity index is 2.33. The fraction of sp³-hybridized carbons (Fsp3) is 0.364. The number of hydrogen-bond acceptors (Lipinski definition) is 3. The first-order valence-electron chi connectivity index (χ1n) is 4.94. The van der Waals surface area contributed by atoms with Gasteiger partial charge < -0.3 is 14.4 Å². The molecule has 1 aromatic carbocycles. The number of morpholine rings is 1. The van der Waals surface area contributed by atoms with Gasteiger partial charge in [0, 0.05) is 12.6 Å². The fourth-order valence-corrected chi connectivity index (χ4v) is 1.82. The van der Waals surface area contributed by atoms with Gasteiger partial charge in [-0.15, -0.1) is 0 Å². The highest BCUT2D eigenvalue weighted by Gasteiger charge is 2.22. The number of carbonyl (C=O) groups excluding carboxylic acids is 1. The van der Waals surface area contributed by atoms with Crippen LogP contribution in [0.2, 0.25) is 5.02 Å². The van der Waals surface area contributed by atoms with Gasteiger partial charge in [-0.1, -0.05) is 11.6 Å². The molecule has 5 heteroatoms. The molecule has 2 rings (SSSR count). The quantitative estimate of drug-likeness (QED) is 0.791. The molecule has 4 nitrogen and oxygen atoms in total. The van der Waals surface area contributed by atoms with Crippen molar-refractivity contribution >= 4 is 23.2 Å². The van der Waals surface area contributed by atoms with Crippen molar-refractivity contribution in [3.8, 4) is 5.75 Å². The van der Waals surface area contributed by atoms with Crippen LogP contribution in [0.15, 0.2) is 18.2 Å². The summed E-state index contributed by atoms with van der Waals surface area (Å²) in [7, 11) is 1.58. The second kappa shape index (κ2) is 4.72. The first-order valence-corrected chi connectivity index (χ1v) is 5.32. The summed E-state index contributed by atoms with van der Waals surface area (Å²) in [5, 5.41) is 0.538. The van der Waals surface area contributed by atoms with Gasteiger partial charge in [0.25, 0.3) is 5.91 Å². The second-order valence-electron chi connectivity index (χ2n) is 3.42. The third-order valence-electron chi connectivity index (χ3n) is 2.43. The van der Waals surface area contributed by atoms with Crippen LogP contribution in [0.5, 0.6) is 5.75 Å². The van der Waals surface area contributed by atoms with E-state index < -0.39 is 0 Å². The molecule has 1 saturated heterocycles. The van der Waals surface area contributed by atoms with E-state index in [0.29, 0.717) is 29.6 Å². The van der Waals surface area contributed by atoms with E-state index in [1.807, 2.05) is 0 Å². The number of carbonyl (C=O) groups is 1. The summed E-state index contributed by atoms with van der Waals surface area (Å²) >= 11 is 6.06. The molecule has 1 aliphatic heterocycles. The summed E-state index contributed by atoms with van der Waals surface area (Å²) in [6, 6.07) is 5.24. The monoisotopic (exact) mass is 241 g/mol. The van der Waals surface area contributed by atoms with Crippen molar-refractivity contribution in [2.75, 3.05) is 31.8 Å². The van der Waals surface area contributed by atoms with Crippen LogP contribution in [0.25, 0.3) is 0 Å². The summed E-state index contributed by atoms with van der Waals surface area (Å²) in [5.74, 6) is 0.597. The van der Waals surface area contributed by atoms with E-state index in [4.69, 9.17) is 21.1 Å². The molecule has 0 bridgehead atoms. The van der Waals surface area contributed by atoms with Crippen LogP contribution in [-0.2, 0) is 9.53 Å². The van der Waals surface area contributed by atoms with Crippen LogP contribution in [0.4, 0.5) is 5.69 Å². The van der Waals surface area contributed by atoms with Crippen LogP contribution in [-0.4, -0.2) is 32.8 Å². The lowest BCUT2D eigenvalue weighted by atomic mass is 10.2. The zero-order chi connectivity index (χ0) is 11.5. The minimum absolute atomic E-state index is 0.0820. The van der Waals surface area contributed by atoms with E-state index >= 15 is 0 Å². The number of halogens is 1. The first-order chi connectivity index (χ1) is 7.72. The molecule has 1 heterocycles. The summed E-state index contributed by atoms with van der Waals surface area (Å²) in [5.41, 5.74) is 0.675. The van der Waals surface area contributed by atoms with Crippen molar-refractivity contribution in [3.63, 3.8) is 0 Å². The molecular weight excluding hydrogens is 230 g/mol. The van der Waals surface area contributed by atoms with E-state index in [1.165, 1.54) is 0 Å². The second-order valence-corrected chi connectivity index (χ2v) is 3.82. The van der Waals surface area contributed by atoms with E-state index in [1.54, 1.807) is 30.2 Å². The van der Waals surface area contributed by atoms with Crippen LogP contribution >= 0.6 is 11.6 Å². The van der Waals surface area contributed by atoms with Crippen molar-refractivity contribution in [2.45, 2.75) is 0 Å². The minimum atomic E-state index is -0.0820. The van der Waals surface area contributed by atoms with Gasteiger partial charge >= 0.3 is 0 Å². The van der Waals surface area contributed by atoms with Crippen molar-refractivity contribution in [2.24, 2.45) is 0 Å². The molecule has 0 N–H and O–H groups in total. The number of amides is 1. The number of benzene rings is 1. The number of ether oxygens (including phenoxy) is 2. The van der Waals surface area contributed by atoms with Crippen molar-refractivity contribution < 1.29 is 14.3 Å². The van der Waals surface area contributed by atoms with Gasteiger partial charge in [-0.25, -0.2) is 0 Å². The first kappa shape index (κ1) is 11.2. The van der Waals surface area contributed by atoms with E-state index in [9.17, 15) is 4.79 Å². The maximum atomic E-state index is 11.6. The Morgan fingerprint density at radius 3 is 3.00 bits per heavy atom. The number of rotatable bonds is 2. The minimum Gasteiger partial charge on any atom is -0.497 e. The molecule has 0 aromatic heterocycles. The largest absolute Gasteiger partial charge is 0.497 e. The summed E-state index contributed by atoms with van der Waals surface area (Å²) in [6.45, 7) is 1.15. The highest BCUT2D eigenvalue weighted by atomic mass is 35.5. The molecule has 1 fully saturated rings. The summed E-state index contributed by atoms with van der Waals surface area (Å²) in [6.07, 6.45) is 0. The van der Waals surface area contributed by atoms with Crippen molar-refractivity contribution in [1.29, 1.82) is 0 Å². The maximum absolute atomic E-state index is 11.6. The molecule has 1 aliphatic rings. The average molecular weight is 242 g/mol. The highest BCUT2D eigenvalue weighted by Crippen LogP contribution is 2.30. The molecule has 0 atom stereocenters. The van der Waals surface area contributed by atoms with Crippen molar-refractivity contribution in [1.82, 2.24) is 0 Å². The van der Waals surface area contributed by atoms with Crippen molar-refractivity contribution in [3.05, 3.63) is 23.2 Å². The smallest absolute Gasteiger partial charge is 0.253 e. The molecule has 86 valence electrons. The predicted molar refractivity (Wildman–Crippen MR) is 61.2 cm³/mol. The molecule has 16 heavy (non-hydrogen) atoms. The predicted octanol–water partition coefficient (Wildman–Crippen LogP) is 1.71. The maximum Gasteiger partial charge on any atom is 0.253 e. The van der Waals surface area contributed by atoms with Gasteiger partial charge in [0.05, 0.1) is 24.4 Å².